The molecule has 0 spiro atoms. The van der Waals surface area contributed by atoms with Crippen LogP contribution in [0.4, 0.5) is 5.00 Å². The molecule has 12 heteroatoms. The van der Waals surface area contributed by atoms with Crippen LogP contribution in [0.25, 0.3) is 16.5 Å². The molecule has 0 aliphatic carbocycles. The number of anilines is 1. The topological polar surface area (TPSA) is 99.5 Å². The molecule has 2 heterocycles. The van der Waals surface area contributed by atoms with E-state index in [4.69, 9.17) is 32.7 Å². The van der Waals surface area contributed by atoms with Gasteiger partial charge in [-0.15, -0.1) is 11.3 Å². The molecular weight excluding hydrogens is 581 g/mol. The van der Waals surface area contributed by atoms with E-state index in [0.29, 0.717) is 10.7 Å². The Morgan fingerprint density at radius 2 is 1.91 bits per heavy atom. The van der Waals surface area contributed by atoms with Crippen molar-refractivity contribution in [2.45, 2.75) is 6.92 Å². The van der Waals surface area contributed by atoms with E-state index >= 15 is 0 Å². The molecule has 8 nitrogen and oxygen atoms in total. The lowest BCUT2D eigenvalue weighted by Crippen LogP contribution is -2.26. The quantitative estimate of drug-likeness (QED) is 0.274. The van der Waals surface area contributed by atoms with Crippen LogP contribution < -0.4 is 15.6 Å². The first kappa shape index (κ1) is 25.2. The van der Waals surface area contributed by atoms with Crippen LogP contribution in [0.3, 0.4) is 0 Å². The molecule has 180 valence electrons. The average molecular weight is 597 g/mol. The van der Waals surface area contributed by atoms with Crippen LogP contribution in [0.15, 0.2) is 57.1 Å². The van der Waals surface area contributed by atoms with Gasteiger partial charge in [-0.2, -0.15) is 9.78 Å². The van der Waals surface area contributed by atoms with Crippen molar-refractivity contribution >= 4 is 78.1 Å². The lowest BCUT2D eigenvalue weighted by atomic mass is 10.2. The molecular formula is C23H16BrCl2N3O5S. The van der Waals surface area contributed by atoms with Gasteiger partial charge in [0, 0.05) is 20.3 Å². The van der Waals surface area contributed by atoms with E-state index in [1.165, 1.54) is 6.07 Å². The molecule has 4 rings (SSSR count). The predicted molar refractivity (Wildman–Crippen MR) is 139 cm³/mol. The Bertz CT molecular complexity index is 1490. The average Bonchev–Trinajstić information content (AvgIpc) is 3.23. The Kier molecular flexibility index (Phi) is 7.75. The van der Waals surface area contributed by atoms with Crippen molar-refractivity contribution in [3.8, 4) is 11.4 Å². The van der Waals surface area contributed by atoms with E-state index < -0.39 is 17.4 Å². The number of carbonyl (C=O) groups excluding carboxylic acids is 2. The zero-order chi connectivity index (χ0) is 25.1. The van der Waals surface area contributed by atoms with Crippen molar-refractivity contribution in [2.75, 3.05) is 18.5 Å². The Hall–Kier alpha value is -2.92. The number of rotatable bonds is 7. The summed E-state index contributed by atoms with van der Waals surface area (Å²) in [5.74, 6) is -0.919. The van der Waals surface area contributed by atoms with Gasteiger partial charge in [-0.25, -0.2) is 4.79 Å². The maximum Gasteiger partial charge on any atom is 0.359 e. The maximum atomic E-state index is 13.4. The van der Waals surface area contributed by atoms with Gasteiger partial charge < -0.3 is 14.8 Å². The number of halogens is 3. The summed E-state index contributed by atoms with van der Waals surface area (Å²) >= 11 is 16.4. The van der Waals surface area contributed by atoms with Crippen LogP contribution in [0, 0.1) is 0 Å². The van der Waals surface area contributed by atoms with Crippen molar-refractivity contribution in [3.05, 3.63) is 78.4 Å². The lowest BCUT2D eigenvalue weighted by molar-refractivity contribution is -0.118. The minimum absolute atomic E-state index is 0.0367. The third-order valence-corrected chi connectivity index (χ3v) is 6.65. The molecule has 4 aromatic rings. The molecule has 35 heavy (non-hydrogen) atoms. The number of amides is 1. The predicted octanol–water partition coefficient (Wildman–Crippen LogP) is 5.71. The summed E-state index contributed by atoms with van der Waals surface area (Å²) in [6, 6.07) is 11.5. The molecule has 1 N–H and O–H groups in total. The van der Waals surface area contributed by atoms with Crippen molar-refractivity contribution < 1.29 is 19.1 Å². The second-order valence-electron chi connectivity index (χ2n) is 7.03. The fourth-order valence-electron chi connectivity index (χ4n) is 3.15. The summed E-state index contributed by atoms with van der Waals surface area (Å²) < 4.78 is 12.5. The molecule has 0 aliphatic rings. The number of ether oxygens (including phenoxy) is 2. The molecule has 0 unspecified atom stereocenters. The highest BCUT2D eigenvalue weighted by atomic mass is 79.9. The number of nitrogens with one attached hydrogen (secondary N) is 1. The lowest BCUT2D eigenvalue weighted by Gasteiger charge is -2.10. The molecule has 0 aliphatic heterocycles. The van der Waals surface area contributed by atoms with Crippen molar-refractivity contribution in [3.63, 3.8) is 0 Å². The molecule has 0 saturated heterocycles. The largest absolute Gasteiger partial charge is 0.482 e. The highest BCUT2D eigenvalue weighted by Gasteiger charge is 2.23. The van der Waals surface area contributed by atoms with Crippen LogP contribution in [0.1, 0.15) is 17.4 Å². The Balaban J connectivity index is 1.70. The van der Waals surface area contributed by atoms with Gasteiger partial charge in [0.1, 0.15) is 10.8 Å². The van der Waals surface area contributed by atoms with Gasteiger partial charge in [0.15, 0.2) is 12.3 Å². The molecule has 0 saturated carbocycles. The molecule has 0 fully saturated rings. The third-order valence-electron chi connectivity index (χ3n) is 4.70. The number of hydrogen-bond acceptors (Lipinski definition) is 7. The Morgan fingerprint density at radius 3 is 2.60 bits per heavy atom. The summed E-state index contributed by atoms with van der Waals surface area (Å²) in [5.41, 5.74) is -0.103. The van der Waals surface area contributed by atoms with Gasteiger partial charge in [-0.05, 0) is 49.4 Å². The zero-order valence-corrected chi connectivity index (χ0v) is 21.9. The SMILES string of the molecule is CCOC(=O)c1nn(-c2ccc(Br)cc2)c(=O)c2c(NC(=O)COc3ccc(Cl)cc3Cl)scc12. The van der Waals surface area contributed by atoms with Crippen LogP contribution in [0.2, 0.25) is 10.0 Å². The van der Waals surface area contributed by atoms with Crippen LogP contribution in [-0.4, -0.2) is 34.9 Å². The minimum atomic E-state index is -0.681. The van der Waals surface area contributed by atoms with Gasteiger partial charge in [-0.1, -0.05) is 39.1 Å². The normalized spacial score (nSPS) is 10.9. The Morgan fingerprint density at radius 1 is 1.17 bits per heavy atom. The maximum absolute atomic E-state index is 13.4. The van der Waals surface area contributed by atoms with E-state index in [9.17, 15) is 14.4 Å². The van der Waals surface area contributed by atoms with Gasteiger partial charge in [0.2, 0.25) is 0 Å². The zero-order valence-electron chi connectivity index (χ0n) is 18.0. The molecule has 2 aromatic heterocycles. The van der Waals surface area contributed by atoms with Gasteiger partial charge >= 0.3 is 5.97 Å². The number of esters is 1. The second-order valence-corrected chi connectivity index (χ2v) is 9.67. The summed E-state index contributed by atoms with van der Waals surface area (Å²) in [4.78, 5) is 38.6. The smallest absolute Gasteiger partial charge is 0.359 e. The van der Waals surface area contributed by atoms with E-state index in [0.717, 1.165) is 20.5 Å². The number of benzene rings is 2. The van der Waals surface area contributed by atoms with E-state index in [-0.39, 0.29) is 45.5 Å². The number of aromatic nitrogens is 2. The molecule has 0 radical (unpaired) electrons. The van der Waals surface area contributed by atoms with Gasteiger partial charge in [0.05, 0.1) is 22.7 Å². The monoisotopic (exact) mass is 595 g/mol. The van der Waals surface area contributed by atoms with Crippen LogP contribution in [-0.2, 0) is 9.53 Å². The number of nitrogens with zero attached hydrogens (tertiary/aromatic N) is 2. The minimum Gasteiger partial charge on any atom is -0.482 e. The highest BCUT2D eigenvalue weighted by molar-refractivity contribution is 9.10. The summed E-state index contributed by atoms with van der Waals surface area (Å²) in [6.45, 7) is 1.45. The van der Waals surface area contributed by atoms with Crippen molar-refractivity contribution in [1.29, 1.82) is 0 Å². The first-order valence-corrected chi connectivity index (χ1v) is 12.6. The first-order chi connectivity index (χ1) is 16.8. The number of carbonyl (C=O) groups is 2. The number of thiophene rings is 1. The van der Waals surface area contributed by atoms with E-state index in [1.54, 1.807) is 48.7 Å². The Labute approximate surface area is 221 Å². The summed E-state index contributed by atoms with van der Waals surface area (Å²) in [7, 11) is 0. The van der Waals surface area contributed by atoms with E-state index in [1.807, 2.05) is 0 Å². The molecule has 2 aromatic carbocycles. The molecule has 0 atom stereocenters. The molecule has 1 amide bonds. The van der Waals surface area contributed by atoms with Crippen LogP contribution in [0.5, 0.6) is 5.75 Å². The first-order valence-electron chi connectivity index (χ1n) is 10.1. The standard InChI is InChI=1S/C23H16BrCl2N3O5S/c1-2-33-23(32)20-15-11-35-21(27-18(30)10-34-17-8-5-13(25)9-16(17)26)19(15)22(31)29(28-20)14-6-3-12(24)4-7-14/h3-9,11H,2,10H2,1H3,(H,27,30). The molecule has 0 bridgehead atoms. The third kappa shape index (κ3) is 5.51. The van der Waals surface area contributed by atoms with E-state index in [2.05, 4.69) is 26.3 Å². The van der Waals surface area contributed by atoms with Crippen molar-refractivity contribution in [1.82, 2.24) is 9.78 Å². The van der Waals surface area contributed by atoms with Gasteiger partial charge in [-0.3, -0.25) is 9.59 Å². The highest BCUT2D eigenvalue weighted by Crippen LogP contribution is 2.31. The van der Waals surface area contributed by atoms with Gasteiger partial charge in [0.25, 0.3) is 11.5 Å². The summed E-state index contributed by atoms with van der Waals surface area (Å²) in [5, 5.41) is 9.88. The summed E-state index contributed by atoms with van der Waals surface area (Å²) in [6.07, 6.45) is 0. The number of hydrogen-bond donors (Lipinski definition) is 1. The number of fused-ring (bicyclic) bond motifs is 1. The second kappa shape index (κ2) is 10.8. The van der Waals surface area contributed by atoms with Crippen LogP contribution >= 0.6 is 50.5 Å². The fraction of sp³-hybridized carbons (Fsp3) is 0.130. The fourth-order valence-corrected chi connectivity index (χ4v) is 4.83. The van der Waals surface area contributed by atoms with Crippen molar-refractivity contribution in [2.24, 2.45) is 0 Å².